The Morgan fingerprint density at radius 1 is 1.57 bits per heavy atom. The van der Waals surface area contributed by atoms with Crippen molar-refractivity contribution in [3.05, 3.63) is 0 Å². The van der Waals surface area contributed by atoms with Crippen LogP contribution >= 0.6 is 0 Å². The van der Waals surface area contributed by atoms with Crippen molar-refractivity contribution in [1.29, 1.82) is 0 Å². The largest absolute Gasteiger partial charge is 0.356 e. The minimum Gasteiger partial charge on any atom is -0.356 e. The van der Waals surface area contributed by atoms with E-state index in [4.69, 9.17) is 5.73 Å². The number of nitrogens with two attached hydrogens (primary N) is 1. The highest BCUT2D eigenvalue weighted by atomic mass is 16.1. The Labute approximate surface area is 85.8 Å². The molecule has 1 fully saturated rings. The molecule has 0 saturated carbocycles. The van der Waals surface area contributed by atoms with Crippen LogP contribution in [0.25, 0.3) is 0 Å². The minimum atomic E-state index is 0.139. The SMILES string of the molecule is CCNC(=O)CCN1CC(C)C(N)C1. The molecule has 0 radical (unpaired) electrons. The van der Waals surface area contributed by atoms with E-state index in [-0.39, 0.29) is 11.9 Å². The van der Waals surface area contributed by atoms with Gasteiger partial charge in [-0.2, -0.15) is 0 Å². The summed E-state index contributed by atoms with van der Waals surface area (Å²) >= 11 is 0. The molecule has 0 aliphatic carbocycles. The Morgan fingerprint density at radius 3 is 2.79 bits per heavy atom. The molecular weight excluding hydrogens is 178 g/mol. The molecule has 1 amide bonds. The van der Waals surface area contributed by atoms with E-state index in [1.54, 1.807) is 0 Å². The lowest BCUT2D eigenvalue weighted by Gasteiger charge is -2.14. The average Bonchev–Trinajstić information content (AvgIpc) is 2.44. The molecule has 3 N–H and O–H groups in total. The molecule has 1 saturated heterocycles. The second-order valence-electron chi connectivity index (χ2n) is 4.10. The van der Waals surface area contributed by atoms with E-state index in [1.165, 1.54) is 0 Å². The second-order valence-corrected chi connectivity index (χ2v) is 4.10. The van der Waals surface area contributed by atoms with E-state index in [2.05, 4.69) is 17.1 Å². The number of nitrogens with zero attached hydrogens (tertiary/aromatic N) is 1. The summed E-state index contributed by atoms with van der Waals surface area (Å²) in [6, 6.07) is 0.282. The van der Waals surface area contributed by atoms with Crippen molar-refractivity contribution >= 4 is 5.91 Å². The van der Waals surface area contributed by atoms with Crippen LogP contribution < -0.4 is 11.1 Å². The molecule has 0 aromatic heterocycles. The van der Waals surface area contributed by atoms with Gasteiger partial charge in [0.05, 0.1) is 0 Å². The van der Waals surface area contributed by atoms with Gasteiger partial charge in [0.25, 0.3) is 0 Å². The highest BCUT2D eigenvalue weighted by Crippen LogP contribution is 2.14. The van der Waals surface area contributed by atoms with Crippen LogP contribution in [0.4, 0.5) is 0 Å². The maximum absolute atomic E-state index is 11.2. The Kier molecular flexibility index (Phi) is 4.35. The molecule has 1 rings (SSSR count). The molecule has 4 heteroatoms. The first kappa shape index (κ1) is 11.5. The van der Waals surface area contributed by atoms with Crippen LogP contribution in [0.2, 0.25) is 0 Å². The standard InChI is InChI=1S/C10H21N3O/c1-3-12-10(14)4-5-13-6-8(2)9(11)7-13/h8-9H,3-7,11H2,1-2H3,(H,12,14). The van der Waals surface area contributed by atoms with Crippen LogP contribution in [0.1, 0.15) is 20.3 Å². The van der Waals surface area contributed by atoms with Gasteiger partial charge in [-0.15, -0.1) is 0 Å². The highest BCUT2D eigenvalue weighted by Gasteiger charge is 2.26. The molecule has 1 aliphatic heterocycles. The van der Waals surface area contributed by atoms with Crippen molar-refractivity contribution in [2.45, 2.75) is 26.3 Å². The van der Waals surface area contributed by atoms with E-state index in [9.17, 15) is 4.79 Å². The van der Waals surface area contributed by atoms with Crippen molar-refractivity contribution in [3.63, 3.8) is 0 Å². The normalized spacial score (nSPS) is 27.9. The summed E-state index contributed by atoms with van der Waals surface area (Å²) in [6.45, 7) is 7.61. The highest BCUT2D eigenvalue weighted by molar-refractivity contribution is 5.75. The number of amides is 1. The summed E-state index contributed by atoms with van der Waals surface area (Å²) in [4.78, 5) is 13.5. The van der Waals surface area contributed by atoms with E-state index in [0.717, 1.165) is 26.2 Å². The smallest absolute Gasteiger partial charge is 0.221 e. The predicted molar refractivity (Wildman–Crippen MR) is 56.9 cm³/mol. The molecule has 4 nitrogen and oxygen atoms in total. The lowest BCUT2D eigenvalue weighted by Crippen LogP contribution is -2.31. The molecule has 0 spiro atoms. The summed E-state index contributed by atoms with van der Waals surface area (Å²) in [5.41, 5.74) is 5.89. The Hall–Kier alpha value is -0.610. The molecule has 2 atom stereocenters. The van der Waals surface area contributed by atoms with Crippen LogP contribution in [0.3, 0.4) is 0 Å². The third kappa shape index (κ3) is 3.27. The van der Waals surface area contributed by atoms with Crippen molar-refractivity contribution in [3.8, 4) is 0 Å². The van der Waals surface area contributed by atoms with Gasteiger partial charge in [0.1, 0.15) is 0 Å². The van der Waals surface area contributed by atoms with E-state index in [0.29, 0.717) is 12.3 Å². The van der Waals surface area contributed by atoms with Crippen LogP contribution in [0.15, 0.2) is 0 Å². The molecular formula is C10H21N3O. The molecule has 0 aromatic carbocycles. The zero-order valence-electron chi connectivity index (χ0n) is 9.12. The zero-order valence-corrected chi connectivity index (χ0v) is 9.12. The van der Waals surface area contributed by atoms with Gasteiger partial charge in [0.15, 0.2) is 0 Å². The Morgan fingerprint density at radius 2 is 2.29 bits per heavy atom. The first-order chi connectivity index (χ1) is 6.63. The average molecular weight is 199 g/mol. The number of carbonyl (C=O) groups is 1. The zero-order chi connectivity index (χ0) is 10.6. The van der Waals surface area contributed by atoms with Crippen molar-refractivity contribution in [2.24, 2.45) is 11.7 Å². The van der Waals surface area contributed by atoms with Gasteiger partial charge in [0, 0.05) is 38.6 Å². The monoisotopic (exact) mass is 199 g/mol. The van der Waals surface area contributed by atoms with Crippen molar-refractivity contribution in [2.75, 3.05) is 26.2 Å². The number of hydrogen-bond acceptors (Lipinski definition) is 3. The summed E-state index contributed by atoms with van der Waals surface area (Å²) in [7, 11) is 0. The lowest BCUT2D eigenvalue weighted by atomic mass is 10.1. The van der Waals surface area contributed by atoms with Gasteiger partial charge < -0.3 is 16.0 Å². The van der Waals surface area contributed by atoms with Gasteiger partial charge in [-0.25, -0.2) is 0 Å². The first-order valence-electron chi connectivity index (χ1n) is 5.38. The third-order valence-electron chi connectivity index (χ3n) is 2.78. The molecule has 14 heavy (non-hydrogen) atoms. The lowest BCUT2D eigenvalue weighted by molar-refractivity contribution is -0.121. The van der Waals surface area contributed by atoms with Gasteiger partial charge in [-0.3, -0.25) is 4.79 Å². The van der Waals surface area contributed by atoms with Gasteiger partial charge in [0.2, 0.25) is 5.91 Å². The van der Waals surface area contributed by atoms with Crippen molar-refractivity contribution in [1.82, 2.24) is 10.2 Å². The molecule has 2 unspecified atom stereocenters. The fourth-order valence-electron chi connectivity index (χ4n) is 1.82. The van der Waals surface area contributed by atoms with E-state index < -0.39 is 0 Å². The van der Waals surface area contributed by atoms with Crippen molar-refractivity contribution < 1.29 is 4.79 Å². The number of carbonyl (C=O) groups excluding carboxylic acids is 1. The van der Waals surface area contributed by atoms with Crippen LogP contribution in [0.5, 0.6) is 0 Å². The molecule has 0 aromatic rings. The fourth-order valence-corrected chi connectivity index (χ4v) is 1.82. The summed E-state index contributed by atoms with van der Waals surface area (Å²) in [5.74, 6) is 0.699. The molecule has 0 bridgehead atoms. The number of rotatable bonds is 4. The van der Waals surface area contributed by atoms with Crippen LogP contribution in [-0.2, 0) is 4.79 Å². The quantitative estimate of drug-likeness (QED) is 0.659. The van der Waals surface area contributed by atoms with Crippen LogP contribution in [-0.4, -0.2) is 43.0 Å². The van der Waals surface area contributed by atoms with E-state index in [1.807, 2.05) is 6.92 Å². The third-order valence-corrected chi connectivity index (χ3v) is 2.78. The topological polar surface area (TPSA) is 58.4 Å². The van der Waals surface area contributed by atoms with E-state index >= 15 is 0 Å². The Bertz CT molecular complexity index is 186. The van der Waals surface area contributed by atoms with Crippen LogP contribution in [0, 0.1) is 5.92 Å². The maximum Gasteiger partial charge on any atom is 0.221 e. The first-order valence-corrected chi connectivity index (χ1v) is 5.38. The Balaban J connectivity index is 2.17. The maximum atomic E-state index is 11.2. The molecule has 82 valence electrons. The molecule has 1 aliphatic rings. The van der Waals surface area contributed by atoms with Gasteiger partial charge in [-0.05, 0) is 12.8 Å². The summed E-state index contributed by atoms with van der Waals surface area (Å²) in [6.07, 6.45) is 0.591. The second kappa shape index (κ2) is 5.32. The number of hydrogen-bond donors (Lipinski definition) is 2. The van der Waals surface area contributed by atoms with Gasteiger partial charge >= 0.3 is 0 Å². The predicted octanol–water partition coefficient (Wildman–Crippen LogP) is -0.208. The molecule has 1 heterocycles. The summed E-state index contributed by atoms with van der Waals surface area (Å²) < 4.78 is 0. The minimum absolute atomic E-state index is 0.139. The number of likely N-dealkylation sites (tertiary alicyclic amines) is 1. The fraction of sp³-hybridized carbons (Fsp3) is 0.900. The summed E-state index contributed by atoms with van der Waals surface area (Å²) in [5, 5.41) is 2.80. The van der Waals surface area contributed by atoms with Gasteiger partial charge in [-0.1, -0.05) is 6.92 Å². The number of nitrogens with one attached hydrogen (secondary N) is 1.